The Kier molecular flexibility index (Phi) is 1.59. The smallest absolute Gasteiger partial charge is 0.148 e. The standard InChI is InChI=1S/C6H8N4/c1-5-4-10(3-2-7)9-6(5)8/h4H,3H2,1H3,(H2,8,9). The zero-order valence-corrected chi connectivity index (χ0v) is 5.70. The second-order valence-corrected chi connectivity index (χ2v) is 2.05. The van der Waals surface area contributed by atoms with E-state index in [0.29, 0.717) is 5.82 Å². The molecule has 4 nitrogen and oxygen atoms in total. The normalized spacial score (nSPS) is 9.20. The molecule has 0 unspecified atom stereocenters. The van der Waals surface area contributed by atoms with Crippen molar-refractivity contribution < 1.29 is 0 Å². The van der Waals surface area contributed by atoms with Crippen LogP contribution in [0.3, 0.4) is 0 Å². The van der Waals surface area contributed by atoms with E-state index in [0.717, 1.165) is 5.56 Å². The van der Waals surface area contributed by atoms with Gasteiger partial charge in [-0.15, -0.1) is 0 Å². The summed E-state index contributed by atoms with van der Waals surface area (Å²) in [7, 11) is 0. The lowest BCUT2D eigenvalue weighted by molar-refractivity contribution is 0.713. The van der Waals surface area contributed by atoms with Gasteiger partial charge in [-0.05, 0) is 6.92 Å². The first kappa shape index (κ1) is 6.62. The van der Waals surface area contributed by atoms with Crippen LogP contribution in [0.25, 0.3) is 0 Å². The Morgan fingerprint density at radius 3 is 3.00 bits per heavy atom. The fourth-order valence-corrected chi connectivity index (χ4v) is 0.689. The van der Waals surface area contributed by atoms with E-state index in [2.05, 4.69) is 5.10 Å². The largest absolute Gasteiger partial charge is 0.382 e. The number of nitriles is 1. The van der Waals surface area contributed by atoms with Gasteiger partial charge in [0.05, 0.1) is 6.07 Å². The zero-order chi connectivity index (χ0) is 7.56. The van der Waals surface area contributed by atoms with Crippen LogP contribution in [-0.4, -0.2) is 9.78 Å². The minimum absolute atomic E-state index is 0.262. The van der Waals surface area contributed by atoms with Crippen molar-refractivity contribution in [1.29, 1.82) is 5.26 Å². The number of aromatic nitrogens is 2. The van der Waals surface area contributed by atoms with Crippen LogP contribution in [0, 0.1) is 18.3 Å². The molecule has 0 aliphatic heterocycles. The summed E-state index contributed by atoms with van der Waals surface area (Å²) >= 11 is 0. The predicted octanol–water partition coefficient (Wildman–Crippen LogP) is 0.297. The van der Waals surface area contributed by atoms with Crippen LogP contribution >= 0.6 is 0 Å². The summed E-state index contributed by atoms with van der Waals surface area (Å²) in [5, 5.41) is 12.1. The first-order valence-electron chi connectivity index (χ1n) is 2.90. The van der Waals surface area contributed by atoms with E-state index in [-0.39, 0.29) is 6.54 Å². The molecule has 0 fully saturated rings. The van der Waals surface area contributed by atoms with E-state index in [9.17, 15) is 0 Å². The van der Waals surface area contributed by atoms with E-state index in [1.54, 1.807) is 6.20 Å². The Hall–Kier alpha value is -1.50. The first-order chi connectivity index (χ1) is 4.74. The van der Waals surface area contributed by atoms with Crippen molar-refractivity contribution >= 4 is 5.82 Å². The molecular formula is C6H8N4. The van der Waals surface area contributed by atoms with Gasteiger partial charge in [-0.2, -0.15) is 10.4 Å². The predicted molar refractivity (Wildman–Crippen MR) is 37.0 cm³/mol. The molecule has 0 amide bonds. The molecule has 2 N–H and O–H groups in total. The minimum atomic E-state index is 0.262. The van der Waals surface area contributed by atoms with Gasteiger partial charge in [-0.1, -0.05) is 0 Å². The van der Waals surface area contributed by atoms with Crippen molar-refractivity contribution in [2.45, 2.75) is 13.5 Å². The molecule has 0 atom stereocenters. The summed E-state index contributed by atoms with van der Waals surface area (Å²) in [5.74, 6) is 0.496. The summed E-state index contributed by atoms with van der Waals surface area (Å²) < 4.78 is 1.52. The highest BCUT2D eigenvalue weighted by atomic mass is 15.3. The van der Waals surface area contributed by atoms with Gasteiger partial charge in [0.25, 0.3) is 0 Å². The molecule has 1 heterocycles. The molecule has 4 heteroatoms. The number of rotatable bonds is 1. The Balaban J connectivity index is 2.90. The van der Waals surface area contributed by atoms with Crippen molar-refractivity contribution in [3.8, 4) is 6.07 Å². The van der Waals surface area contributed by atoms with Gasteiger partial charge in [-0.25, -0.2) is 0 Å². The van der Waals surface area contributed by atoms with E-state index < -0.39 is 0 Å². The summed E-state index contributed by atoms with van der Waals surface area (Å²) in [5.41, 5.74) is 6.34. The molecule has 10 heavy (non-hydrogen) atoms. The highest BCUT2D eigenvalue weighted by molar-refractivity contribution is 5.35. The van der Waals surface area contributed by atoms with Crippen LogP contribution in [0.15, 0.2) is 6.20 Å². The fourth-order valence-electron chi connectivity index (χ4n) is 0.689. The van der Waals surface area contributed by atoms with Gasteiger partial charge >= 0.3 is 0 Å². The number of nitrogens with zero attached hydrogens (tertiary/aromatic N) is 3. The van der Waals surface area contributed by atoms with Crippen LogP contribution in [0.2, 0.25) is 0 Å². The Labute approximate surface area is 58.9 Å². The Morgan fingerprint density at radius 1 is 1.90 bits per heavy atom. The molecular weight excluding hydrogens is 128 g/mol. The molecule has 0 saturated heterocycles. The van der Waals surface area contributed by atoms with E-state index in [4.69, 9.17) is 11.0 Å². The molecule has 0 spiro atoms. The lowest BCUT2D eigenvalue weighted by atomic mass is 10.4. The third-order valence-electron chi connectivity index (χ3n) is 1.22. The van der Waals surface area contributed by atoms with Crippen molar-refractivity contribution in [3.63, 3.8) is 0 Å². The molecule has 52 valence electrons. The van der Waals surface area contributed by atoms with Crippen molar-refractivity contribution in [2.75, 3.05) is 5.73 Å². The SMILES string of the molecule is Cc1cn(CC#N)nc1N. The maximum absolute atomic E-state index is 8.27. The maximum Gasteiger partial charge on any atom is 0.148 e. The number of nitrogen functional groups attached to an aromatic ring is 1. The van der Waals surface area contributed by atoms with Gasteiger partial charge in [0.1, 0.15) is 12.4 Å². The highest BCUT2D eigenvalue weighted by Gasteiger charge is 1.97. The average Bonchev–Trinajstić information content (AvgIpc) is 2.14. The topological polar surface area (TPSA) is 67.6 Å². The van der Waals surface area contributed by atoms with Crippen LogP contribution in [0.5, 0.6) is 0 Å². The molecule has 1 rings (SSSR count). The number of hydrogen-bond donors (Lipinski definition) is 1. The summed E-state index contributed by atoms with van der Waals surface area (Å²) in [6.45, 7) is 2.12. The number of aryl methyl sites for hydroxylation is 1. The molecule has 0 aromatic carbocycles. The molecule has 0 radical (unpaired) electrons. The molecule has 0 saturated carbocycles. The molecule has 0 aliphatic carbocycles. The highest BCUT2D eigenvalue weighted by Crippen LogP contribution is 2.04. The summed E-state index contributed by atoms with van der Waals surface area (Å²) in [4.78, 5) is 0. The van der Waals surface area contributed by atoms with Gasteiger partial charge in [-0.3, -0.25) is 4.68 Å². The molecule has 1 aromatic rings. The molecule has 0 bridgehead atoms. The number of hydrogen-bond acceptors (Lipinski definition) is 3. The van der Waals surface area contributed by atoms with Gasteiger partial charge in [0.2, 0.25) is 0 Å². The minimum Gasteiger partial charge on any atom is -0.382 e. The van der Waals surface area contributed by atoms with Gasteiger partial charge in [0.15, 0.2) is 0 Å². The Bertz CT molecular complexity index is 248. The second kappa shape index (κ2) is 2.40. The lowest BCUT2D eigenvalue weighted by Gasteiger charge is -1.86. The van der Waals surface area contributed by atoms with E-state index in [1.807, 2.05) is 13.0 Å². The molecule has 0 aliphatic rings. The monoisotopic (exact) mass is 136 g/mol. The van der Waals surface area contributed by atoms with Crippen LogP contribution in [0.4, 0.5) is 5.82 Å². The van der Waals surface area contributed by atoms with Crippen LogP contribution < -0.4 is 5.73 Å². The average molecular weight is 136 g/mol. The number of anilines is 1. The zero-order valence-electron chi connectivity index (χ0n) is 5.70. The van der Waals surface area contributed by atoms with E-state index >= 15 is 0 Å². The first-order valence-corrected chi connectivity index (χ1v) is 2.90. The summed E-state index contributed by atoms with van der Waals surface area (Å²) in [6.07, 6.45) is 1.75. The van der Waals surface area contributed by atoms with Crippen molar-refractivity contribution in [2.24, 2.45) is 0 Å². The quantitative estimate of drug-likeness (QED) is 0.603. The van der Waals surface area contributed by atoms with Crippen molar-refractivity contribution in [1.82, 2.24) is 9.78 Å². The second-order valence-electron chi connectivity index (χ2n) is 2.05. The van der Waals surface area contributed by atoms with E-state index in [1.165, 1.54) is 4.68 Å². The number of nitrogens with two attached hydrogens (primary N) is 1. The van der Waals surface area contributed by atoms with Crippen LogP contribution in [-0.2, 0) is 6.54 Å². The molecule has 1 aromatic heterocycles. The van der Waals surface area contributed by atoms with Gasteiger partial charge < -0.3 is 5.73 Å². The Morgan fingerprint density at radius 2 is 2.60 bits per heavy atom. The maximum atomic E-state index is 8.27. The fraction of sp³-hybridized carbons (Fsp3) is 0.333. The lowest BCUT2D eigenvalue weighted by Crippen LogP contribution is -1.96. The van der Waals surface area contributed by atoms with Crippen molar-refractivity contribution in [3.05, 3.63) is 11.8 Å². The van der Waals surface area contributed by atoms with Crippen LogP contribution in [0.1, 0.15) is 5.56 Å². The third kappa shape index (κ3) is 1.08. The third-order valence-corrected chi connectivity index (χ3v) is 1.22. The summed E-state index contributed by atoms with van der Waals surface area (Å²) in [6, 6.07) is 1.97. The van der Waals surface area contributed by atoms with Gasteiger partial charge in [0, 0.05) is 11.8 Å².